The Labute approximate surface area is 168 Å². The number of carbonyl (C=O) groups excluding carboxylic acids is 1. The summed E-state index contributed by atoms with van der Waals surface area (Å²) in [4.78, 5) is 18.2. The van der Waals surface area contributed by atoms with Crippen molar-refractivity contribution in [2.24, 2.45) is 11.3 Å². The van der Waals surface area contributed by atoms with E-state index in [1.54, 1.807) is 6.92 Å². The number of rotatable bonds is 3. The topological polar surface area (TPSA) is 62.7 Å². The maximum Gasteiger partial charge on any atom is 0.417 e. The number of halogens is 3. The second-order valence-corrected chi connectivity index (χ2v) is 9.73. The molecule has 1 aliphatic heterocycles. The van der Waals surface area contributed by atoms with Gasteiger partial charge in [-0.15, -0.1) is 0 Å². The Hall–Kier alpha value is -1.83. The summed E-state index contributed by atoms with van der Waals surface area (Å²) < 4.78 is 43.9. The zero-order chi connectivity index (χ0) is 21.1. The highest BCUT2D eigenvalue weighted by molar-refractivity contribution is 5.81. The number of aliphatic hydroxyl groups is 1. The smallest absolute Gasteiger partial charge is 0.417 e. The minimum Gasteiger partial charge on any atom is -0.471 e. The lowest BCUT2D eigenvalue weighted by atomic mass is 9.63. The van der Waals surface area contributed by atoms with Crippen molar-refractivity contribution in [2.45, 2.75) is 69.8 Å². The second kappa shape index (κ2) is 6.59. The molecule has 1 N–H and O–H groups in total. The SMILES string of the molecule is CC1(O)CC(C(=O)N2CC3(CCC(C)(Oc4ccc(C(F)(F)F)cn4)CC3)C2)C1. The van der Waals surface area contributed by atoms with Gasteiger partial charge in [0.05, 0.1) is 11.2 Å². The van der Waals surface area contributed by atoms with E-state index in [4.69, 9.17) is 4.74 Å². The fourth-order valence-electron chi connectivity index (χ4n) is 4.94. The summed E-state index contributed by atoms with van der Waals surface area (Å²) in [5.74, 6) is 0.310. The summed E-state index contributed by atoms with van der Waals surface area (Å²) in [7, 11) is 0. The third-order valence-electron chi connectivity index (χ3n) is 6.87. The average molecular weight is 412 g/mol. The van der Waals surface area contributed by atoms with Crippen molar-refractivity contribution < 1.29 is 27.8 Å². The fourth-order valence-corrected chi connectivity index (χ4v) is 4.94. The van der Waals surface area contributed by atoms with Crippen molar-refractivity contribution in [3.8, 4) is 5.88 Å². The van der Waals surface area contributed by atoms with E-state index in [9.17, 15) is 23.1 Å². The molecule has 1 saturated heterocycles. The van der Waals surface area contributed by atoms with Crippen molar-refractivity contribution in [3.63, 3.8) is 0 Å². The molecule has 1 aromatic rings. The molecule has 1 amide bonds. The number of hydrogen-bond donors (Lipinski definition) is 1. The van der Waals surface area contributed by atoms with E-state index in [0.29, 0.717) is 12.8 Å². The van der Waals surface area contributed by atoms with Gasteiger partial charge in [0.2, 0.25) is 11.8 Å². The van der Waals surface area contributed by atoms with Gasteiger partial charge in [-0.2, -0.15) is 13.2 Å². The quantitative estimate of drug-likeness (QED) is 0.820. The molecule has 0 bridgehead atoms. The monoisotopic (exact) mass is 412 g/mol. The maximum absolute atomic E-state index is 12.7. The first-order valence-corrected chi connectivity index (χ1v) is 10.1. The zero-order valence-corrected chi connectivity index (χ0v) is 16.8. The van der Waals surface area contributed by atoms with Gasteiger partial charge in [-0.05, 0) is 58.4 Å². The van der Waals surface area contributed by atoms with Crippen LogP contribution in [-0.4, -0.2) is 45.2 Å². The van der Waals surface area contributed by atoms with Crippen molar-refractivity contribution >= 4 is 5.91 Å². The summed E-state index contributed by atoms with van der Waals surface area (Å²) in [6.07, 6.45) is 0.854. The molecule has 0 atom stereocenters. The number of likely N-dealkylation sites (tertiary alicyclic amines) is 1. The molecular weight excluding hydrogens is 385 g/mol. The highest BCUT2D eigenvalue weighted by atomic mass is 19.4. The number of ether oxygens (including phenoxy) is 1. The molecule has 3 fully saturated rings. The number of aromatic nitrogens is 1. The van der Waals surface area contributed by atoms with E-state index in [1.807, 2.05) is 11.8 Å². The number of amides is 1. The third kappa shape index (κ3) is 4.09. The van der Waals surface area contributed by atoms with Gasteiger partial charge in [-0.3, -0.25) is 4.79 Å². The van der Waals surface area contributed by atoms with Crippen LogP contribution in [0.25, 0.3) is 0 Å². The average Bonchev–Trinajstić information content (AvgIpc) is 2.57. The normalized spacial score (nSPS) is 30.4. The molecule has 0 unspecified atom stereocenters. The van der Waals surface area contributed by atoms with Crippen LogP contribution in [0.5, 0.6) is 5.88 Å². The number of nitrogens with zero attached hydrogens (tertiary/aromatic N) is 2. The zero-order valence-electron chi connectivity index (χ0n) is 16.8. The summed E-state index contributed by atoms with van der Waals surface area (Å²) in [5.41, 5.74) is -1.82. The lowest BCUT2D eigenvalue weighted by molar-refractivity contribution is -0.165. The van der Waals surface area contributed by atoms with Crippen molar-refractivity contribution in [1.29, 1.82) is 0 Å². The molecule has 0 aromatic carbocycles. The van der Waals surface area contributed by atoms with Crippen molar-refractivity contribution in [1.82, 2.24) is 9.88 Å². The Kier molecular flexibility index (Phi) is 4.64. The van der Waals surface area contributed by atoms with Gasteiger partial charge in [0.25, 0.3) is 0 Å². The van der Waals surface area contributed by atoms with Crippen LogP contribution in [0.15, 0.2) is 18.3 Å². The van der Waals surface area contributed by atoms with Crippen LogP contribution in [0, 0.1) is 11.3 Å². The summed E-state index contributed by atoms with van der Waals surface area (Å²) in [5, 5.41) is 9.84. The Morgan fingerprint density at radius 2 is 1.79 bits per heavy atom. The third-order valence-corrected chi connectivity index (χ3v) is 6.87. The van der Waals surface area contributed by atoms with Gasteiger partial charge >= 0.3 is 6.18 Å². The number of alkyl halides is 3. The molecular formula is C21H27F3N2O3. The Bertz CT molecular complexity index is 767. The Balaban J connectivity index is 1.28. The van der Waals surface area contributed by atoms with Gasteiger partial charge in [0.15, 0.2) is 0 Å². The summed E-state index contributed by atoms with van der Waals surface area (Å²) in [6, 6.07) is 2.26. The fraction of sp³-hybridized carbons (Fsp3) is 0.714. The lowest BCUT2D eigenvalue weighted by Gasteiger charge is -2.56. The predicted molar refractivity (Wildman–Crippen MR) is 99.1 cm³/mol. The standard InChI is InChI=1S/C21H27F3N2O3/c1-18(28)9-14(10-18)17(27)26-12-20(13-26)7-5-19(2,6-8-20)29-16-4-3-15(11-25-16)21(22,23)24/h3-4,11,14,28H,5-10,12-13H2,1-2H3. The van der Waals surface area contributed by atoms with E-state index in [-0.39, 0.29) is 23.1 Å². The van der Waals surface area contributed by atoms with Crippen molar-refractivity contribution in [2.75, 3.05) is 13.1 Å². The number of hydrogen-bond acceptors (Lipinski definition) is 4. The van der Waals surface area contributed by atoms with E-state index < -0.39 is 22.9 Å². The highest BCUT2D eigenvalue weighted by Gasteiger charge is 2.53. The molecule has 160 valence electrons. The lowest BCUT2D eigenvalue weighted by Crippen LogP contribution is -2.63. The van der Waals surface area contributed by atoms with Crippen LogP contribution in [0.3, 0.4) is 0 Å². The van der Waals surface area contributed by atoms with Gasteiger partial charge in [0, 0.05) is 36.7 Å². The molecule has 2 heterocycles. The van der Waals surface area contributed by atoms with Crippen molar-refractivity contribution in [3.05, 3.63) is 23.9 Å². The summed E-state index contributed by atoms with van der Waals surface area (Å²) >= 11 is 0. The van der Waals surface area contributed by atoms with E-state index >= 15 is 0 Å². The minimum atomic E-state index is -4.41. The Morgan fingerprint density at radius 1 is 1.17 bits per heavy atom. The van der Waals surface area contributed by atoms with Crippen LogP contribution < -0.4 is 4.74 Å². The van der Waals surface area contributed by atoms with Gasteiger partial charge in [-0.25, -0.2) is 4.98 Å². The molecule has 1 aromatic heterocycles. The first-order chi connectivity index (χ1) is 13.4. The van der Waals surface area contributed by atoms with Gasteiger partial charge in [0.1, 0.15) is 5.60 Å². The first kappa shape index (κ1) is 20.4. The highest BCUT2D eigenvalue weighted by Crippen LogP contribution is 2.49. The molecule has 0 radical (unpaired) electrons. The Morgan fingerprint density at radius 3 is 2.28 bits per heavy atom. The molecule has 29 heavy (non-hydrogen) atoms. The van der Waals surface area contributed by atoms with Crippen LogP contribution in [-0.2, 0) is 11.0 Å². The maximum atomic E-state index is 12.7. The molecule has 2 aliphatic carbocycles. The molecule has 4 rings (SSSR count). The van der Waals surface area contributed by atoms with Crippen LogP contribution >= 0.6 is 0 Å². The van der Waals surface area contributed by atoms with Gasteiger partial charge in [-0.1, -0.05) is 0 Å². The molecule has 5 nitrogen and oxygen atoms in total. The van der Waals surface area contributed by atoms with E-state index in [0.717, 1.165) is 51.0 Å². The first-order valence-electron chi connectivity index (χ1n) is 10.1. The molecule has 1 spiro atoms. The van der Waals surface area contributed by atoms with E-state index in [2.05, 4.69) is 4.98 Å². The van der Waals surface area contributed by atoms with E-state index in [1.165, 1.54) is 6.07 Å². The molecule has 2 saturated carbocycles. The van der Waals surface area contributed by atoms with Gasteiger partial charge < -0.3 is 14.7 Å². The molecule has 3 aliphatic rings. The minimum absolute atomic E-state index is 0.0507. The number of carbonyl (C=O) groups is 1. The predicted octanol–water partition coefficient (Wildman–Crippen LogP) is 3.80. The largest absolute Gasteiger partial charge is 0.471 e. The van der Waals surface area contributed by atoms with Crippen LogP contribution in [0.2, 0.25) is 0 Å². The molecule has 8 heteroatoms. The summed E-state index contributed by atoms with van der Waals surface area (Å²) in [6.45, 7) is 5.23. The second-order valence-electron chi connectivity index (χ2n) is 9.73. The van der Waals surface area contributed by atoms with Crippen LogP contribution in [0.4, 0.5) is 13.2 Å². The van der Waals surface area contributed by atoms with Crippen LogP contribution in [0.1, 0.15) is 57.9 Å². The number of pyridine rings is 1.